The van der Waals surface area contributed by atoms with E-state index in [1.807, 2.05) is 66.7 Å². The summed E-state index contributed by atoms with van der Waals surface area (Å²) < 4.78 is 0. The van der Waals surface area contributed by atoms with Crippen LogP contribution in [0.5, 0.6) is 0 Å². The molecule has 1 aromatic heterocycles. The minimum absolute atomic E-state index is 0.0898. The van der Waals surface area contributed by atoms with Crippen LogP contribution in [0.2, 0.25) is 0 Å². The number of benzene rings is 3. The number of amides is 6. The maximum atomic E-state index is 14.7. The van der Waals surface area contributed by atoms with Crippen LogP contribution < -0.4 is 27.0 Å². The minimum Gasteiger partial charge on any atom is -0.361 e. The van der Waals surface area contributed by atoms with Gasteiger partial charge in [0.05, 0.1) is 0 Å². The number of H-pyrrole nitrogens is 1. The lowest BCUT2D eigenvalue weighted by Crippen LogP contribution is -2.65. The van der Waals surface area contributed by atoms with Crippen LogP contribution >= 0.6 is 0 Å². The van der Waals surface area contributed by atoms with E-state index in [0.717, 1.165) is 32.8 Å². The van der Waals surface area contributed by atoms with Crippen molar-refractivity contribution in [2.75, 3.05) is 19.6 Å². The molecule has 3 saturated heterocycles. The topological polar surface area (TPSA) is 199 Å². The van der Waals surface area contributed by atoms with Gasteiger partial charge in [-0.15, -0.1) is 0 Å². The number of nitrogens with zero attached hydrogens (tertiary/aromatic N) is 2. The largest absolute Gasteiger partial charge is 0.361 e. The smallest absolute Gasteiger partial charge is 0.246 e. The minimum atomic E-state index is -1.36. The number of nitrogens with one attached hydrogen (secondary N) is 5. The number of aromatic nitrogens is 1. The van der Waals surface area contributed by atoms with Crippen molar-refractivity contribution in [3.05, 3.63) is 84.1 Å². The Bertz CT molecular complexity index is 2230. The van der Waals surface area contributed by atoms with Gasteiger partial charge in [-0.3, -0.25) is 28.8 Å². The summed E-state index contributed by atoms with van der Waals surface area (Å²) in [6.07, 6.45) is 6.11. The molecule has 8 rings (SSSR count). The number of rotatable bonds is 6. The van der Waals surface area contributed by atoms with Crippen LogP contribution in [-0.2, 0) is 41.6 Å². The number of aromatic amines is 1. The highest BCUT2D eigenvalue weighted by atomic mass is 16.2. The Morgan fingerprint density at radius 2 is 1.33 bits per heavy atom. The van der Waals surface area contributed by atoms with E-state index in [-0.39, 0.29) is 31.7 Å². The van der Waals surface area contributed by atoms with E-state index in [2.05, 4.69) is 26.3 Å². The van der Waals surface area contributed by atoms with Gasteiger partial charge in [0.25, 0.3) is 0 Å². The summed E-state index contributed by atoms with van der Waals surface area (Å²) in [5.74, 6) is -2.82. The van der Waals surface area contributed by atoms with Gasteiger partial charge in [-0.05, 0) is 79.5 Å². The first-order valence-electron chi connectivity index (χ1n) is 20.7. The van der Waals surface area contributed by atoms with Gasteiger partial charge < -0.3 is 41.8 Å². The van der Waals surface area contributed by atoms with Crippen LogP contribution in [0.15, 0.2) is 72.9 Å². The fourth-order valence-electron chi connectivity index (χ4n) is 9.49. The molecule has 0 radical (unpaired) electrons. The first kappa shape index (κ1) is 39.1. The molecule has 1 aliphatic carbocycles. The molecule has 304 valence electrons. The summed E-state index contributed by atoms with van der Waals surface area (Å²) in [7, 11) is 0. The highest BCUT2D eigenvalue weighted by Gasteiger charge is 2.47. The number of carbonyl (C=O) groups is 6. The Balaban J connectivity index is 1.17. The van der Waals surface area contributed by atoms with E-state index in [1.165, 1.54) is 4.90 Å². The fourth-order valence-corrected chi connectivity index (χ4v) is 9.49. The van der Waals surface area contributed by atoms with Gasteiger partial charge in [-0.25, -0.2) is 0 Å². The Labute approximate surface area is 337 Å². The average molecular weight is 789 g/mol. The number of hydrogen-bond donors (Lipinski definition) is 6. The first-order valence-corrected chi connectivity index (χ1v) is 20.7. The number of nitrogens with two attached hydrogens (primary N) is 1. The second-order valence-electron chi connectivity index (χ2n) is 16.3. The molecule has 4 aliphatic rings. The summed E-state index contributed by atoms with van der Waals surface area (Å²) in [5, 5.41) is 14.9. The number of hydrogen-bond acceptors (Lipinski definition) is 7. The Hall–Kier alpha value is -5.76. The molecule has 58 heavy (non-hydrogen) atoms. The maximum absolute atomic E-state index is 14.7. The number of fused-ring (bicyclic) bond motifs is 4. The quantitative estimate of drug-likeness (QED) is 0.172. The van der Waals surface area contributed by atoms with Gasteiger partial charge >= 0.3 is 0 Å². The van der Waals surface area contributed by atoms with Gasteiger partial charge in [0, 0.05) is 43.0 Å². The molecular weight excluding hydrogens is 737 g/mol. The molecule has 4 fully saturated rings. The standard InChI is InChI=1S/C44H52N8O6/c45-20-17-33-41(56)52-22-8-14-37(52)42(57)51-21-7-13-36(51)40(55)48-34(24-27-15-16-28-9-1-2-10-29(28)23-27)39(54)50-44(18-5-6-19-44)43(58)49-35(38(53)47-33)25-30-26-46-32-12-4-3-11-31(30)32/h1-4,9-12,15-16,23,26,33-37,46H,5-8,13-14,17-22,24-25,45H2,(H,47,53)(H,48,55)(H,49,58)(H,50,54)/t33-,34-,35-,36+,37+/m0/s1. The van der Waals surface area contributed by atoms with Crippen LogP contribution in [-0.4, -0.2) is 106 Å². The summed E-state index contributed by atoms with van der Waals surface area (Å²) in [6, 6.07) is 16.5. The summed E-state index contributed by atoms with van der Waals surface area (Å²) in [5.41, 5.74) is 7.10. The van der Waals surface area contributed by atoms with Crippen LogP contribution in [0.4, 0.5) is 0 Å². The third-order valence-corrected chi connectivity index (χ3v) is 12.6. The van der Waals surface area contributed by atoms with Gasteiger partial charge in [-0.1, -0.05) is 73.5 Å². The second kappa shape index (κ2) is 16.6. The van der Waals surface area contributed by atoms with Crippen molar-refractivity contribution in [3.63, 3.8) is 0 Å². The zero-order valence-electron chi connectivity index (χ0n) is 32.6. The van der Waals surface area contributed by atoms with Crippen molar-refractivity contribution >= 4 is 57.1 Å². The van der Waals surface area contributed by atoms with Crippen molar-refractivity contribution in [1.82, 2.24) is 36.1 Å². The molecule has 4 heterocycles. The van der Waals surface area contributed by atoms with Crippen LogP contribution in [0.3, 0.4) is 0 Å². The van der Waals surface area contributed by atoms with Gasteiger partial charge in [0.2, 0.25) is 35.4 Å². The van der Waals surface area contributed by atoms with Crippen molar-refractivity contribution in [1.29, 1.82) is 0 Å². The van der Waals surface area contributed by atoms with E-state index in [1.54, 1.807) is 11.1 Å². The second-order valence-corrected chi connectivity index (χ2v) is 16.3. The zero-order valence-corrected chi connectivity index (χ0v) is 32.6. The normalized spacial score (nSPS) is 25.9. The molecule has 7 N–H and O–H groups in total. The molecule has 3 aromatic carbocycles. The average Bonchev–Trinajstić information content (AvgIpc) is 4.07. The van der Waals surface area contributed by atoms with Crippen LogP contribution in [0, 0.1) is 0 Å². The van der Waals surface area contributed by atoms with Gasteiger partial charge in [-0.2, -0.15) is 0 Å². The lowest BCUT2D eigenvalue weighted by atomic mass is 9.93. The number of carbonyl (C=O) groups excluding carboxylic acids is 6. The predicted molar refractivity (Wildman–Crippen MR) is 218 cm³/mol. The Morgan fingerprint density at radius 1 is 0.655 bits per heavy atom. The summed E-state index contributed by atoms with van der Waals surface area (Å²) >= 11 is 0. The molecule has 0 unspecified atom stereocenters. The highest BCUT2D eigenvalue weighted by molar-refractivity contribution is 6.00. The SMILES string of the molecule is NCC[C@@H]1NC(=O)[C@H](Cc2c[nH]c3ccccc23)NC(=O)C2(CCCC2)NC(=O)[C@H](Cc2ccc3ccccc3c2)NC(=O)[C@H]2CCCN2C(=O)[C@H]2CCCN2C1=O. The van der Waals surface area contributed by atoms with Crippen molar-refractivity contribution in [3.8, 4) is 0 Å². The first-order chi connectivity index (χ1) is 28.1. The highest BCUT2D eigenvalue weighted by Crippen LogP contribution is 2.32. The van der Waals surface area contributed by atoms with E-state index in [0.29, 0.717) is 64.5 Å². The van der Waals surface area contributed by atoms with Crippen LogP contribution in [0.25, 0.3) is 21.7 Å². The lowest BCUT2D eigenvalue weighted by Gasteiger charge is -2.35. The van der Waals surface area contributed by atoms with Crippen LogP contribution in [0.1, 0.15) is 68.9 Å². The fraction of sp³-hybridized carbons (Fsp3) is 0.455. The van der Waals surface area contributed by atoms with Gasteiger partial charge in [0.15, 0.2) is 0 Å². The molecule has 4 aromatic rings. The summed E-state index contributed by atoms with van der Waals surface area (Å²) in [6.45, 7) is 0.730. The molecule has 1 saturated carbocycles. The van der Waals surface area contributed by atoms with E-state index in [9.17, 15) is 28.8 Å². The van der Waals surface area contributed by atoms with Crippen molar-refractivity contribution in [2.45, 2.75) is 106 Å². The Kier molecular flexibility index (Phi) is 11.2. The zero-order chi connectivity index (χ0) is 40.4. The Morgan fingerprint density at radius 3 is 2.10 bits per heavy atom. The monoisotopic (exact) mass is 788 g/mol. The van der Waals surface area contributed by atoms with Crippen molar-refractivity contribution < 1.29 is 28.8 Å². The maximum Gasteiger partial charge on any atom is 0.246 e. The molecule has 3 aliphatic heterocycles. The third kappa shape index (κ3) is 7.77. The van der Waals surface area contributed by atoms with E-state index in [4.69, 9.17) is 5.73 Å². The molecule has 1 spiro atoms. The molecular formula is C44H52N8O6. The van der Waals surface area contributed by atoms with Crippen molar-refractivity contribution in [2.24, 2.45) is 5.73 Å². The molecule has 0 bridgehead atoms. The van der Waals surface area contributed by atoms with E-state index >= 15 is 0 Å². The third-order valence-electron chi connectivity index (χ3n) is 12.6. The number of para-hydroxylation sites is 1. The molecule has 6 amide bonds. The predicted octanol–water partition coefficient (Wildman–Crippen LogP) is 2.33. The van der Waals surface area contributed by atoms with Gasteiger partial charge in [0.1, 0.15) is 35.7 Å². The van der Waals surface area contributed by atoms with E-state index < -0.39 is 65.3 Å². The molecule has 14 nitrogen and oxygen atoms in total. The summed E-state index contributed by atoms with van der Waals surface area (Å²) in [4.78, 5) is 92.9. The lowest BCUT2D eigenvalue weighted by molar-refractivity contribution is -0.148. The molecule has 5 atom stereocenters. The molecule has 14 heteroatoms.